The summed E-state index contributed by atoms with van der Waals surface area (Å²) in [4.78, 5) is 0. The van der Waals surface area contributed by atoms with E-state index in [2.05, 4.69) is 0 Å². The van der Waals surface area contributed by atoms with Gasteiger partial charge in [-0.2, -0.15) is 0 Å². The maximum absolute atomic E-state index is 0. The minimum Gasteiger partial charge on any atom is 0 e. The van der Waals surface area contributed by atoms with Crippen LogP contribution in [0.1, 0.15) is 0 Å². The second kappa shape index (κ2) is 93.7. The van der Waals surface area contributed by atoms with Gasteiger partial charge in [0.1, 0.15) is 0 Å². The number of hydrogen-bond donors (Lipinski definition) is 0. The van der Waals surface area contributed by atoms with Crippen molar-refractivity contribution in [3.05, 3.63) is 0 Å². The third-order valence-corrected chi connectivity index (χ3v) is 0. The van der Waals surface area contributed by atoms with Crippen molar-refractivity contribution < 1.29 is 424 Å². The Balaban J connectivity index is 0. The van der Waals surface area contributed by atoms with Crippen LogP contribution in [-0.4, -0.2) is 0 Å². The van der Waals surface area contributed by atoms with Gasteiger partial charge in [0.2, 0.25) is 0 Å². The minimum atomic E-state index is 0. The van der Waals surface area contributed by atoms with Crippen LogP contribution in [0.5, 0.6) is 0 Å². The molecule has 0 amide bonds. The smallest absolute Gasteiger partial charge is 0 e. The summed E-state index contributed by atoms with van der Waals surface area (Å²) in [6.07, 6.45) is 0. The van der Waals surface area contributed by atoms with E-state index in [-0.39, 0.29) is 424 Å². The van der Waals surface area contributed by atoms with Crippen molar-refractivity contribution in [3.8, 4) is 0 Å². The normalized spacial score (nSPS) is 0. The van der Waals surface area contributed by atoms with Crippen molar-refractivity contribution in [1.82, 2.24) is 0 Å². The molecule has 0 fully saturated rings. The van der Waals surface area contributed by atoms with Gasteiger partial charge >= 0.3 is 0 Å². The SMILES string of the molecule is [Pt].[Pt].[Pt].[Pt].[Pt].[Pt].[Pt].[Pt].[Pt].[Yb].[Yb].[Yb].[Yb].[Yb]. The maximum Gasteiger partial charge on any atom is 0 e. The Labute approximate surface area is 409 Å². The molecule has 0 radical (unpaired) electrons. The van der Waals surface area contributed by atoms with Crippen LogP contribution in [0, 0.1) is 235 Å². The molecule has 0 saturated heterocycles. The average molecular weight is 2620 g/mol. The molecule has 0 nitrogen and oxygen atoms in total. The molecular weight excluding hydrogens is 2620 g/mol. The van der Waals surface area contributed by atoms with Crippen LogP contribution in [0.15, 0.2) is 0 Å². The van der Waals surface area contributed by atoms with Crippen LogP contribution in [0.2, 0.25) is 0 Å². The fraction of sp³-hybridized carbons (Fsp3) is 0. The van der Waals surface area contributed by atoms with Crippen LogP contribution in [0.3, 0.4) is 0 Å². The molecule has 0 unspecified atom stereocenters. The summed E-state index contributed by atoms with van der Waals surface area (Å²) >= 11 is 0. The van der Waals surface area contributed by atoms with E-state index < -0.39 is 0 Å². The zero-order chi connectivity index (χ0) is 0. The summed E-state index contributed by atoms with van der Waals surface area (Å²) in [5.74, 6) is 0. The molecule has 0 aromatic rings. The van der Waals surface area contributed by atoms with E-state index in [0.29, 0.717) is 0 Å². The first-order valence-corrected chi connectivity index (χ1v) is 0. The van der Waals surface area contributed by atoms with Crippen molar-refractivity contribution in [1.29, 1.82) is 0 Å². The van der Waals surface area contributed by atoms with Gasteiger partial charge in [-0.15, -0.1) is 0 Å². The predicted molar refractivity (Wildman–Crippen MR) is 0 cm³/mol. The number of hydrogen-bond acceptors (Lipinski definition) is 0. The van der Waals surface area contributed by atoms with Crippen molar-refractivity contribution in [2.75, 3.05) is 0 Å². The van der Waals surface area contributed by atoms with Crippen molar-refractivity contribution in [2.24, 2.45) is 0 Å². The van der Waals surface area contributed by atoms with Gasteiger partial charge in [-0.05, 0) is 0 Å². The van der Waals surface area contributed by atoms with Crippen LogP contribution in [0.4, 0.5) is 0 Å². The second-order valence-electron chi connectivity index (χ2n) is 0. The third kappa shape index (κ3) is 83.3. The topological polar surface area (TPSA) is 0 Å². The van der Waals surface area contributed by atoms with Gasteiger partial charge in [0.15, 0.2) is 0 Å². The Kier molecular flexibility index (Phi) is 702. The fourth-order valence-electron chi connectivity index (χ4n) is 0. The van der Waals surface area contributed by atoms with Gasteiger partial charge in [-0.3, -0.25) is 0 Å². The first kappa shape index (κ1) is 105. The van der Waals surface area contributed by atoms with Gasteiger partial charge in [-0.1, -0.05) is 0 Å². The molecule has 0 atom stereocenters. The Morgan fingerprint density at radius 3 is 0.143 bits per heavy atom. The molecule has 0 saturated carbocycles. The Bertz CT molecular complexity index is 13.2. The van der Waals surface area contributed by atoms with Gasteiger partial charge in [0.25, 0.3) is 0 Å². The number of rotatable bonds is 0. The molecule has 0 aliphatic carbocycles. The molecule has 0 aromatic carbocycles. The molecule has 160 valence electrons. The summed E-state index contributed by atoms with van der Waals surface area (Å²) < 4.78 is 0. The zero-order valence-corrected chi connectivity index (χ0v) is 33.2. The molecule has 0 heterocycles. The molecular formula is Pt9Yb5. The van der Waals surface area contributed by atoms with E-state index in [4.69, 9.17) is 0 Å². The van der Waals surface area contributed by atoms with E-state index >= 15 is 0 Å². The van der Waals surface area contributed by atoms with Crippen LogP contribution in [0.25, 0.3) is 0 Å². The molecule has 0 aliphatic rings. The Morgan fingerprint density at radius 2 is 0.143 bits per heavy atom. The van der Waals surface area contributed by atoms with Crippen molar-refractivity contribution in [3.63, 3.8) is 0 Å². The molecule has 0 N–H and O–H groups in total. The summed E-state index contributed by atoms with van der Waals surface area (Å²) in [6.45, 7) is 0. The Hall–Kier alpha value is 13.8. The van der Waals surface area contributed by atoms with E-state index in [1.165, 1.54) is 0 Å². The molecule has 0 aliphatic heterocycles. The van der Waals surface area contributed by atoms with Gasteiger partial charge < -0.3 is 0 Å². The van der Waals surface area contributed by atoms with Crippen LogP contribution < -0.4 is 0 Å². The van der Waals surface area contributed by atoms with Gasteiger partial charge in [0, 0.05) is 424 Å². The zero-order valence-electron chi connectivity index (χ0n) is 4.18. The molecule has 14 heteroatoms. The van der Waals surface area contributed by atoms with Gasteiger partial charge in [0.05, 0.1) is 0 Å². The summed E-state index contributed by atoms with van der Waals surface area (Å²) in [7, 11) is 0. The molecule has 14 heavy (non-hydrogen) atoms. The van der Waals surface area contributed by atoms with Crippen molar-refractivity contribution >= 4 is 0 Å². The maximum atomic E-state index is 0. The summed E-state index contributed by atoms with van der Waals surface area (Å²) in [5, 5.41) is 0. The quantitative estimate of drug-likeness (QED) is 0.321. The van der Waals surface area contributed by atoms with Crippen LogP contribution >= 0.6 is 0 Å². The van der Waals surface area contributed by atoms with Crippen molar-refractivity contribution in [2.45, 2.75) is 0 Å². The van der Waals surface area contributed by atoms with E-state index in [1.807, 2.05) is 0 Å². The summed E-state index contributed by atoms with van der Waals surface area (Å²) in [6, 6.07) is 0. The fourth-order valence-corrected chi connectivity index (χ4v) is 0. The van der Waals surface area contributed by atoms with E-state index in [1.54, 1.807) is 0 Å². The first-order chi connectivity index (χ1) is 0. The molecule has 0 rings (SSSR count). The Morgan fingerprint density at radius 1 is 0.143 bits per heavy atom. The largest absolute Gasteiger partial charge is 0 e. The second-order valence-corrected chi connectivity index (χ2v) is 0. The molecule has 0 bridgehead atoms. The van der Waals surface area contributed by atoms with Crippen LogP contribution in [-0.2, 0) is 190 Å². The van der Waals surface area contributed by atoms with E-state index in [9.17, 15) is 0 Å². The molecule has 0 aromatic heterocycles. The predicted octanol–water partition coefficient (Wildman–Crippen LogP) is -0.0225. The standard InChI is InChI=1S/9Pt.5Yb. The third-order valence-electron chi connectivity index (χ3n) is 0. The summed E-state index contributed by atoms with van der Waals surface area (Å²) in [5.41, 5.74) is 0. The first-order valence-electron chi connectivity index (χ1n) is 0. The molecule has 0 spiro atoms. The van der Waals surface area contributed by atoms with Gasteiger partial charge in [-0.25, -0.2) is 0 Å². The van der Waals surface area contributed by atoms with E-state index in [0.717, 1.165) is 0 Å². The minimum absolute atomic E-state index is 0. The average Bonchev–Trinajstić information content (AvgIpc) is 0. The monoisotopic (exact) mass is 2620 g/mol.